The summed E-state index contributed by atoms with van der Waals surface area (Å²) in [6.45, 7) is 1.94. The molecule has 2 N–H and O–H groups in total. The molecule has 0 aliphatic heterocycles. The highest BCUT2D eigenvalue weighted by molar-refractivity contribution is 9.10. The molecule has 0 radical (unpaired) electrons. The molecule has 1 atom stereocenters. The van der Waals surface area contributed by atoms with Gasteiger partial charge in [0, 0.05) is 18.5 Å². The summed E-state index contributed by atoms with van der Waals surface area (Å²) in [5.41, 5.74) is 1.02. The molecule has 4 aromatic rings. The second-order valence-corrected chi connectivity index (χ2v) is 8.53. The molecule has 34 heavy (non-hydrogen) atoms. The Morgan fingerprint density at radius 1 is 1.15 bits per heavy atom. The fourth-order valence-corrected chi connectivity index (χ4v) is 3.80. The molecule has 10 nitrogen and oxygen atoms in total. The second kappa shape index (κ2) is 10.8. The molecule has 3 heterocycles. The van der Waals surface area contributed by atoms with Gasteiger partial charge in [-0.15, -0.1) is 0 Å². The van der Waals surface area contributed by atoms with Crippen LogP contribution in [0.5, 0.6) is 5.75 Å². The van der Waals surface area contributed by atoms with Gasteiger partial charge in [-0.25, -0.2) is 24.7 Å². The number of ether oxygens (including phenoxy) is 1. The van der Waals surface area contributed by atoms with E-state index in [2.05, 4.69) is 51.6 Å². The van der Waals surface area contributed by atoms with E-state index in [1.165, 1.54) is 17.1 Å². The van der Waals surface area contributed by atoms with Crippen molar-refractivity contribution >= 4 is 50.9 Å². The third-order valence-electron chi connectivity index (χ3n) is 4.47. The van der Waals surface area contributed by atoms with Gasteiger partial charge in [-0.1, -0.05) is 29.3 Å². The Morgan fingerprint density at radius 3 is 2.71 bits per heavy atom. The number of hydrogen-bond donors (Lipinski definition) is 2. The van der Waals surface area contributed by atoms with E-state index in [4.69, 9.17) is 27.9 Å². The summed E-state index contributed by atoms with van der Waals surface area (Å²) in [5.74, 6) is 1.14. The normalized spacial score (nSPS) is 11.6. The average Bonchev–Trinajstić information content (AvgIpc) is 3.31. The van der Waals surface area contributed by atoms with E-state index in [-0.39, 0.29) is 11.6 Å². The lowest BCUT2D eigenvalue weighted by Crippen LogP contribution is -2.32. The number of carbonyl (C=O) groups excluding carboxylic acids is 1. The van der Waals surface area contributed by atoms with Crippen LogP contribution in [0.3, 0.4) is 0 Å². The van der Waals surface area contributed by atoms with Crippen molar-refractivity contribution in [2.24, 2.45) is 0 Å². The minimum Gasteiger partial charge on any atom is -0.486 e. The predicted octanol–water partition coefficient (Wildman–Crippen LogP) is 4.98. The van der Waals surface area contributed by atoms with Crippen LogP contribution in [0.1, 0.15) is 24.5 Å². The summed E-state index contributed by atoms with van der Waals surface area (Å²) in [4.78, 5) is 29.5. The number of halogens is 3. The van der Waals surface area contributed by atoms with Crippen molar-refractivity contribution in [1.82, 2.24) is 35.0 Å². The Morgan fingerprint density at radius 2 is 1.94 bits per heavy atom. The summed E-state index contributed by atoms with van der Waals surface area (Å²) < 4.78 is 7.92. The van der Waals surface area contributed by atoms with Crippen molar-refractivity contribution in [2.75, 3.05) is 5.32 Å². The molecular formula is C21H17BrCl2N8O2. The highest BCUT2D eigenvalue weighted by Crippen LogP contribution is 2.34. The molecule has 0 aliphatic rings. The smallest absolute Gasteiger partial charge is 0.319 e. The highest BCUT2D eigenvalue weighted by atomic mass is 79.9. The van der Waals surface area contributed by atoms with Gasteiger partial charge in [-0.05, 0) is 47.1 Å². The molecule has 0 bridgehead atoms. The van der Waals surface area contributed by atoms with E-state index in [0.29, 0.717) is 38.5 Å². The molecule has 0 spiro atoms. The third-order valence-corrected chi connectivity index (χ3v) is 5.52. The maximum Gasteiger partial charge on any atom is 0.319 e. The van der Waals surface area contributed by atoms with Crippen molar-refractivity contribution in [3.63, 3.8) is 0 Å². The van der Waals surface area contributed by atoms with Gasteiger partial charge in [0.2, 0.25) is 0 Å². The van der Waals surface area contributed by atoms with Crippen molar-refractivity contribution in [1.29, 1.82) is 0 Å². The summed E-state index contributed by atoms with van der Waals surface area (Å²) in [7, 11) is 0. The zero-order valence-corrected chi connectivity index (χ0v) is 20.7. The zero-order valence-electron chi connectivity index (χ0n) is 17.6. The quantitative estimate of drug-likeness (QED) is 0.304. The van der Waals surface area contributed by atoms with E-state index in [1.54, 1.807) is 31.5 Å². The van der Waals surface area contributed by atoms with Gasteiger partial charge < -0.3 is 15.4 Å². The summed E-state index contributed by atoms with van der Waals surface area (Å²) in [5, 5.41) is 10.2. The molecule has 1 unspecified atom stereocenters. The van der Waals surface area contributed by atoms with Crippen LogP contribution in [-0.2, 0) is 6.61 Å². The number of nitrogens with one attached hydrogen (secondary N) is 2. The fraction of sp³-hybridized carbons (Fsp3) is 0.143. The second-order valence-electron chi connectivity index (χ2n) is 6.90. The van der Waals surface area contributed by atoms with Crippen LogP contribution in [-0.4, -0.2) is 35.7 Å². The molecule has 4 rings (SSSR count). The summed E-state index contributed by atoms with van der Waals surface area (Å²) in [6, 6.07) is 9.19. The molecule has 1 aromatic carbocycles. The number of urea groups is 1. The maximum atomic E-state index is 12.7. The zero-order chi connectivity index (χ0) is 24.1. The first-order valence-corrected chi connectivity index (χ1v) is 11.4. The molecule has 0 aliphatic carbocycles. The molecule has 3 aromatic heterocycles. The first-order chi connectivity index (χ1) is 16.4. The maximum absolute atomic E-state index is 12.7. The molecule has 0 saturated heterocycles. The van der Waals surface area contributed by atoms with Crippen LogP contribution in [0, 0.1) is 0 Å². The highest BCUT2D eigenvalue weighted by Gasteiger charge is 2.19. The van der Waals surface area contributed by atoms with Crippen LogP contribution in [0.15, 0.2) is 59.7 Å². The summed E-state index contributed by atoms with van der Waals surface area (Å²) in [6.07, 6.45) is 4.54. The number of nitrogens with zero attached hydrogens (tertiary/aromatic N) is 6. The van der Waals surface area contributed by atoms with Crippen LogP contribution in [0.4, 0.5) is 10.5 Å². The monoisotopic (exact) mass is 562 g/mol. The van der Waals surface area contributed by atoms with Gasteiger partial charge >= 0.3 is 6.03 Å². The van der Waals surface area contributed by atoms with Crippen molar-refractivity contribution in [3.05, 3.63) is 81.3 Å². The van der Waals surface area contributed by atoms with E-state index in [1.807, 2.05) is 18.2 Å². The molecule has 174 valence electrons. The number of pyridine rings is 1. The Balaban J connectivity index is 1.44. The number of amides is 2. The SMILES string of the molecule is CC(NC(=O)Nc1cc(OCc2cccc(Br)n2)c(Cl)cc1Cl)c1ncnn1-c1ncccn1. The number of hydrogen-bond acceptors (Lipinski definition) is 7. The van der Waals surface area contributed by atoms with E-state index in [0.717, 1.165) is 0 Å². The number of rotatable bonds is 7. The van der Waals surface area contributed by atoms with Crippen molar-refractivity contribution in [2.45, 2.75) is 19.6 Å². The van der Waals surface area contributed by atoms with Crippen LogP contribution in [0.25, 0.3) is 5.95 Å². The van der Waals surface area contributed by atoms with Gasteiger partial charge in [0.15, 0.2) is 5.82 Å². The first kappa shape index (κ1) is 23.9. The average molecular weight is 564 g/mol. The molecule has 0 saturated carbocycles. The van der Waals surface area contributed by atoms with E-state index in [9.17, 15) is 4.79 Å². The first-order valence-electron chi connectivity index (χ1n) is 9.89. The lowest BCUT2D eigenvalue weighted by atomic mass is 10.3. The largest absolute Gasteiger partial charge is 0.486 e. The van der Waals surface area contributed by atoms with Crippen molar-refractivity contribution in [3.8, 4) is 11.7 Å². The van der Waals surface area contributed by atoms with Crippen LogP contribution in [0.2, 0.25) is 10.0 Å². The number of aromatic nitrogens is 6. The third kappa shape index (κ3) is 5.79. The standard InChI is InChI=1S/C21H17BrCl2N8O2/c1-12(19-27-11-28-32(19)20-25-6-3-7-26-20)29-21(33)31-16-9-17(15(24)8-14(16)23)34-10-13-4-2-5-18(22)30-13/h2-9,11-12H,10H2,1H3,(H2,29,31,33). The Kier molecular flexibility index (Phi) is 7.56. The molecule has 13 heteroatoms. The topological polar surface area (TPSA) is 120 Å². The van der Waals surface area contributed by atoms with Gasteiger partial charge in [0.1, 0.15) is 23.3 Å². The Labute approximate surface area is 212 Å². The minimum absolute atomic E-state index is 0.181. The lowest BCUT2D eigenvalue weighted by Gasteiger charge is -2.16. The molecule has 0 fully saturated rings. The number of carbonyl (C=O) groups is 1. The van der Waals surface area contributed by atoms with E-state index >= 15 is 0 Å². The lowest BCUT2D eigenvalue weighted by molar-refractivity contribution is 0.248. The van der Waals surface area contributed by atoms with Gasteiger partial charge in [-0.3, -0.25) is 0 Å². The number of anilines is 1. The molecule has 2 amide bonds. The van der Waals surface area contributed by atoms with Crippen molar-refractivity contribution < 1.29 is 9.53 Å². The Hall–Kier alpha value is -3.28. The summed E-state index contributed by atoms with van der Waals surface area (Å²) >= 11 is 15.9. The minimum atomic E-state index is -0.518. The van der Waals surface area contributed by atoms with Crippen LogP contribution < -0.4 is 15.4 Å². The van der Waals surface area contributed by atoms with Gasteiger partial charge in [0.05, 0.1) is 27.5 Å². The fourth-order valence-electron chi connectivity index (χ4n) is 2.94. The van der Waals surface area contributed by atoms with Crippen LogP contribution >= 0.6 is 39.1 Å². The number of benzene rings is 1. The molecular weight excluding hydrogens is 547 g/mol. The Bertz CT molecular complexity index is 1310. The predicted molar refractivity (Wildman–Crippen MR) is 130 cm³/mol. The van der Waals surface area contributed by atoms with Gasteiger partial charge in [-0.2, -0.15) is 9.78 Å². The van der Waals surface area contributed by atoms with Gasteiger partial charge in [0.25, 0.3) is 5.95 Å². The van der Waals surface area contributed by atoms with E-state index < -0.39 is 12.1 Å².